The number of methoxy groups -OCH3 is 2. The van der Waals surface area contributed by atoms with Gasteiger partial charge in [0, 0.05) is 22.3 Å². The summed E-state index contributed by atoms with van der Waals surface area (Å²) in [6.07, 6.45) is 0. The molecule has 1 aliphatic rings. The number of nitrogens with one attached hydrogen (secondary N) is 2. The van der Waals surface area contributed by atoms with Gasteiger partial charge in [0.15, 0.2) is 11.5 Å². The minimum absolute atomic E-state index is 0.135. The maximum atomic E-state index is 12.8. The zero-order valence-electron chi connectivity index (χ0n) is 18.9. The van der Waals surface area contributed by atoms with Crippen LogP contribution in [0.2, 0.25) is 0 Å². The van der Waals surface area contributed by atoms with Gasteiger partial charge >= 0.3 is 0 Å². The van der Waals surface area contributed by atoms with Crippen molar-refractivity contribution in [3.05, 3.63) is 66.2 Å². The summed E-state index contributed by atoms with van der Waals surface area (Å²) in [4.78, 5) is 26.3. The van der Waals surface area contributed by atoms with E-state index in [0.29, 0.717) is 39.9 Å². The number of amides is 2. The largest absolute Gasteiger partial charge is 0.496 e. The Bertz CT molecular complexity index is 1180. The molecular weight excluding hydrogens is 456 g/mol. The number of hydrogen-bond donors (Lipinski definition) is 2. The second-order valence-corrected chi connectivity index (χ2v) is 8.75. The number of rotatable bonds is 8. The fraction of sp³-hybridized carbons (Fsp3) is 0.200. The zero-order valence-corrected chi connectivity index (χ0v) is 19.7. The Labute approximate surface area is 201 Å². The van der Waals surface area contributed by atoms with Crippen LogP contribution >= 0.6 is 11.8 Å². The normalized spacial score (nSPS) is 12.6. The third-order valence-electron chi connectivity index (χ3n) is 5.09. The molecule has 2 N–H and O–H groups in total. The van der Waals surface area contributed by atoms with E-state index in [1.54, 1.807) is 48.5 Å². The van der Waals surface area contributed by atoms with E-state index >= 15 is 0 Å². The molecule has 0 aliphatic carbocycles. The summed E-state index contributed by atoms with van der Waals surface area (Å²) < 4.78 is 21.2. The molecule has 0 radical (unpaired) electrons. The minimum Gasteiger partial charge on any atom is -0.496 e. The van der Waals surface area contributed by atoms with Gasteiger partial charge < -0.3 is 29.6 Å². The third-order valence-corrected chi connectivity index (χ3v) is 6.20. The molecule has 2 amide bonds. The molecule has 34 heavy (non-hydrogen) atoms. The number of anilines is 2. The van der Waals surface area contributed by atoms with E-state index < -0.39 is 0 Å². The topological polar surface area (TPSA) is 95.1 Å². The van der Waals surface area contributed by atoms with Crippen molar-refractivity contribution in [1.82, 2.24) is 0 Å². The first-order valence-corrected chi connectivity index (χ1v) is 11.4. The van der Waals surface area contributed by atoms with Crippen LogP contribution in [0.25, 0.3) is 0 Å². The molecule has 0 bridgehead atoms. The molecule has 8 nitrogen and oxygen atoms in total. The van der Waals surface area contributed by atoms with Crippen molar-refractivity contribution in [3.8, 4) is 23.0 Å². The van der Waals surface area contributed by atoms with Gasteiger partial charge in [-0.05, 0) is 55.5 Å². The summed E-state index contributed by atoms with van der Waals surface area (Å²) in [6.45, 7) is 2.01. The SMILES string of the molecule is COc1cccc(OC)c1C(=O)Nc1ccc(SC(C)C(=O)Nc2ccc3c(c2)OCO3)cc1. The first-order valence-electron chi connectivity index (χ1n) is 10.5. The summed E-state index contributed by atoms with van der Waals surface area (Å²) in [7, 11) is 3.00. The molecule has 1 aliphatic heterocycles. The molecule has 9 heteroatoms. The molecule has 1 heterocycles. The monoisotopic (exact) mass is 480 g/mol. The number of fused-ring (bicyclic) bond motifs is 1. The highest BCUT2D eigenvalue weighted by atomic mass is 32.2. The van der Waals surface area contributed by atoms with E-state index in [9.17, 15) is 9.59 Å². The molecule has 4 rings (SSSR count). The molecule has 0 aromatic heterocycles. The Balaban J connectivity index is 1.36. The molecule has 0 saturated carbocycles. The van der Waals surface area contributed by atoms with Gasteiger partial charge in [-0.1, -0.05) is 6.07 Å². The van der Waals surface area contributed by atoms with Gasteiger partial charge in [0.2, 0.25) is 12.7 Å². The second-order valence-electron chi connectivity index (χ2n) is 7.33. The first kappa shape index (κ1) is 23.3. The van der Waals surface area contributed by atoms with E-state index in [1.807, 2.05) is 19.1 Å². The van der Waals surface area contributed by atoms with E-state index in [4.69, 9.17) is 18.9 Å². The number of ether oxygens (including phenoxy) is 4. The van der Waals surface area contributed by atoms with Crippen molar-refractivity contribution >= 4 is 35.0 Å². The lowest BCUT2D eigenvalue weighted by Gasteiger charge is -2.14. The van der Waals surface area contributed by atoms with Gasteiger partial charge in [0.25, 0.3) is 5.91 Å². The van der Waals surface area contributed by atoms with Crippen LogP contribution in [0.3, 0.4) is 0 Å². The fourth-order valence-electron chi connectivity index (χ4n) is 3.36. The standard InChI is InChI=1S/C25H24N2O6S/c1-15(24(28)27-17-9-12-19-22(13-17)33-14-32-19)34-18-10-7-16(8-11-18)26-25(29)23-20(30-2)5-4-6-21(23)31-3/h4-13,15H,14H2,1-3H3,(H,26,29)(H,27,28). The highest BCUT2D eigenvalue weighted by molar-refractivity contribution is 8.00. The predicted octanol–water partition coefficient (Wildman–Crippen LogP) is 4.80. The molecule has 3 aromatic rings. The average molecular weight is 481 g/mol. The summed E-state index contributed by atoms with van der Waals surface area (Å²) >= 11 is 1.41. The van der Waals surface area contributed by atoms with Gasteiger partial charge in [-0.2, -0.15) is 0 Å². The molecule has 0 fully saturated rings. The summed E-state index contributed by atoms with van der Waals surface area (Å²) in [5.41, 5.74) is 1.58. The fourth-order valence-corrected chi connectivity index (χ4v) is 4.23. The lowest BCUT2D eigenvalue weighted by Crippen LogP contribution is -2.22. The molecule has 0 spiro atoms. The Morgan fingerprint density at radius 2 is 1.53 bits per heavy atom. The van der Waals surface area contributed by atoms with Crippen LogP contribution in [-0.4, -0.2) is 38.1 Å². The van der Waals surface area contributed by atoms with E-state index in [-0.39, 0.29) is 23.9 Å². The van der Waals surface area contributed by atoms with Gasteiger partial charge in [0.05, 0.1) is 19.5 Å². The Hall–Kier alpha value is -3.85. The summed E-state index contributed by atoms with van der Waals surface area (Å²) in [5.74, 6) is 1.64. The Kier molecular flexibility index (Phi) is 7.12. The quantitative estimate of drug-likeness (QED) is 0.447. The maximum Gasteiger partial charge on any atom is 0.263 e. The molecule has 176 valence electrons. The number of benzene rings is 3. The van der Waals surface area contributed by atoms with Crippen molar-refractivity contribution in [1.29, 1.82) is 0 Å². The zero-order chi connectivity index (χ0) is 24.1. The number of carbonyl (C=O) groups is 2. The predicted molar refractivity (Wildman–Crippen MR) is 130 cm³/mol. The average Bonchev–Trinajstić information content (AvgIpc) is 3.32. The van der Waals surface area contributed by atoms with Crippen LogP contribution in [-0.2, 0) is 4.79 Å². The molecule has 0 saturated heterocycles. The van der Waals surface area contributed by atoms with Crippen molar-refractivity contribution in [3.63, 3.8) is 0 Å². The summed E-state index contributed by atoms with van der Waals surface area (Å²) in [6, 6.07) is 17.7. The Morgan fingerprint density at radius 1 is 0.882 bits per heavy atom. The highest BCUT2D eigenvalue weighted by Crippen LogP contribution is 2.35. The van der Waals surface area contributed by atoms with Crippen LogP contribution in [0, 0.1) is 0 Å². The van der Waals surface area contributed by atoms with Gasteiger partial charge in [-0.15, -0.1) is 11.8 Å². The number of carbonyl (C=O) groups excluding carboxylic acids is 2. The molecule has 1 unspecified atom stereocenters. The number of hydrogen-bond acceptors (Lipinski definition) is 7. The van der Waals surface area contributed by atoms with E-state index in [1.165, 1.54) is 26.0 Å². The lowest BCUT2D eigenvalue weighted by molar-refractivity contribution is -0.115. The Morgan fingerprint density at radius 3 is 2.21 bits per heavy atom. The minimum atomic E-state index is -0.344. The lowest BCUT2D eigenvalue weighted by atomic mass is 10.1. The van der Waals surface area contributed by atoms with E-state index in [2.05, 4.69) is 10.6 Å². The second kappa shape index (κ2) is 10.4. The molecule has 1 atom stereocenters. The number of thioether (sulfide) groups is 1. The van der Waals surface area contributed by atoms with Crippen LogP contribution in [0.1, 0.15) is 17.3 Å². The molecule has 3 aromatic carbocycles. The van der Waals surface area contributed by atoms with E-state index in [0.717, 1.165) is 4.90 Å². The van der Waals surface area contributed by atoms with Crippen molar-refractivity contribution < 1.29 is 28.5 Å². The van der Waals surface area contributed by atoms with Crippen molar-refractivity contribution in [2.24, 2.45) is 0 Å². The van der Waals surface area contributed by atoms with Crippen LogP contribution in [0.5, 0.6) is 23.0 Å². The van der Waals surface area contributed by atoms with Crippen LogP contribution in [0.4, 0.5) is 11.4 Å². The summed E-state index contributed by atoms with van der Waals surface area (Å²) in [5, 5.41) is 5.40. The first-order chi connectivity index (χ1) is 16.5. The molecular formula is C25H24N2O6S. The smallest absolute Gasteiger partial charge is 0.263 e. The van der Waals surface area contributed by atoms with Crippen molar-refractivity contribution in [2.45, 2.75) is 17.1 Å². The maximum absolute atomic E-state index is 12.8. The van der Waals surface area contributed by atoms with Gasteiger partial charge in [-0.25, -0.2) is 0 Å². The van der Waals surface area contributed by atoms with Crippen LogP contribution in [0.15, 0.2) is 65.6 Å². The van der Waals surface area contributed by atoms with Gasteiger partial charge in [-0.3, -0.25) is 9.59 Å². The highest BCUT2D eigenvalue weighted by Gasteiger charge is 2.20. The van der Waals surface area contributed by atoms with Gasteiger partial charge in [0.1, 0.15) is 17.1 Å². The van der Waals surface area contributed by atoms with Crippen molar-refractivity contribution in [2.75, 3.05) is 31.6 Å². The third kappa shape index (κ3) is 5.20. The van der Waals surface area contributed by atoms with Crippen LogP contribution < -0.4 is 29.6 Å².